The van der Waals surface area contributed by atoms with Crippen molar-refractivity contribution in [2.24, 2.45) is 0 Å². The molecular formula is C36H35N5. The summed E-state index contributed by atoms with van der Waals surface area (Å²) in [5.41, 5.74) is 9.67. The Bertz CT molecular complexity index is 1650. The van der Waals surface area contributed by atoms with Crippen LogP contribution >= 0.6 is 0 Å². The van der Waals surface area contributed by atoms with E-state index in [9.17, 15) is 0 Å². The minimum atomic E-state index is 0.762. The van der Waals surface area contributed by atoms with Gasteiger partial charge < -0.3 is 10.3 Å². The lowest BCUT2D eigenvalue weighted by Gasteiger charge is -2.23. The Morgan fingerprint density at radius 3 is 2.05 bits per heavy atom. The number of benzene rings is 3. The van der Waals surface area contributed by atoms with Gasteiger partial charge in [0.25, 0.3) is 0 Å². The van der Waals surface area contributed by atoms with E-state index in [1.165, 1.54) is 38.9 Å². The van der Waals surface area contributed by atoms with Gasteiger partial charge in [0.1, 0.15) is 0 Å². The van der Waals surface area contributed by atoms with Gasteiger partial charge in [0.05, 0.1) is 11.4 Å². The zero-order chi connectivity index (χ0) is 27.7. The molecule has 0 saturated heterocycles. The first-order chi connectivity index (χ1) is 20.3. The van der Waals surface area contributed by atoms with E-state index < -0.39 is 0 Å². The summed E-state index contributed by atoms with van der Waals surface area (Å²) in [5.74, 6) is 0. The van der Waals surface area contributed by atoms with Crippen LogP contribution in [-0.2, 0) is 32.6 Å². The molecule has 0 aliphatic carbocycles. The summed E-state index contributed by atoms with van der Waals surface area (Å²) in [5, 5.41) is 4.78. The van der Waals surface area contributed by atoms with E-state index in [-0.39, 0.29) is 0 Å². The van der Waals surface area contributed by atoms with Gasteiger partial charge in [-0.1, -0.05) is 84.9 Å². The lowest BCUT2D eigenvalue weighted by molar-refractivity contribution is 0.260. The maximum absolute atomic E-state index is 4.59. The first-order valence-electron chi connectivity index (χ1n) is 14.3. The van der Waals surface area contributed by atoms with Crippen LogP contribution in [0.15, 0.2) is 128 Å². The van der Waals surface area contributed by atoms with E-state index in [0.717, 1.165) is 50.5 Å². The second kappa shape index (κ2) is 13.2. The van der Waals surface area contributed by atoms with Crippen molar-refractivity contribution in [3.05, 3.63) is 156 Å². The third kappa shape index (κ3) is 6.95. The van der Waals surface area contributed by atoms with Crippen LogP contribution in [0.1, 0.15) is 28.1 Å². The van der Waals surface area contributed by atoms with Crippen LogP contribution < -0.4 is 5.32 Å². The van der Waals surface area contributed by atoms with Crippen molar-refractivity contribution in [3.63, 3.8) is 0 Å². The number of nitrogens with zero attached hydrogens (tertiary/aromatic N) is 3. The van der Waals surface area contributed by atoms with Gasteiger partial charge in [-0.25, -0.2) is 0 Å². The van der Waals surface area contributed by atoms with Crippen molar-refractivity contribution in [2.75, 3.05) is 6.54 Å². The first-order valence-corrected chi connectivity index (χ1v) is 14.3. The van der Waals surface area contributed by atoms with Crippen molar-refractivity contribution in [3.8, 4) is 11.3 Å². The van der Waals surface area contributed by atoms with Crippen LogP contribution in [0.4, 0.5) is 0 Å². The number of fused-ring (bicyclic) bond motifs is 1. The molecule has 6 rings (SSSR count). The number of rotatable bonds is 12. The van der Waals surface area contributed by atoms with Gasteiger partial charge in [-0.15, -0.1) is 0 Å². The predicted molar refractivity (Wildman–Crippen MR) is 167 cm³/mol. The molecule has 3 aromatic carbocycles. The standard InChI is InChI=1S/C36H35N5/c1-2-10-30(11-3-1)36-34(33-14-4-5-15-35(33)40-36)27-41(23-20-31-12-6-8-21-38-31)26-29-18-16-28(17-19-29)24-37-25-32-13-7-9-22-39-32/h1-19,21-22,37,40H,20,23-27H2. The van der Waals surface area contributed by atoms with E-state index in [4.69, 9.17) is 0 Å². The molecule has 0 amide bonds. The number of nitrogens with one attached hydrogen (secondary N) is 2. The number of hydrogen-bond acceptors (Lipinski definition) is 4. The van der Waals surface area contributed by atoms with Crippen molar-refractivity contribution in [1.82, 2.24) is 25.2 Å². The highest BCUT2D eigenvalue weighted by Crippen LogP contribution is 2.31. The fourth-order valence-electron chi connectivity index (χ4n) is 5.33. The van der Waals surface area contributed by atoms with Gasteiger partial charge in [0.15, 0.2) is 0 Å². The van der Waals surface area contributed by atoms with Gasteiger partial charge in [-0.2, -0.15) is 0 Å². The Morgan fingerprint density at radius 2 is 1.29 bits per heavy atom. The highest BCUT2D eigenvalue weighted by Gasteiger charge is 2.17. The van der Waals surface area contributed by atoms with Crippen LogP contribution in [0.5, 0.6) is 0 Å². The molecule has 3 heterocycles. The smallest absolute Gasteiger partial charge is 0.0541 e. The van der Waals surface area contributed by atoms with Crippen molar-refractivity contribution in [1.29, 1.82) is 0 Å². The SMILES string of the molecule is c1ccc(-c2[nH]c3ccccc3c2CN(CCc2ccccn2)Cc2ccc(CNCc3ccccn3)cc2)cc1. The number of hydrogen-bond donors (Lipinski definition) is 2. The molecule has 0 atom stereocenters. The number of aromatic nitrogens is 3. The van der Waals surface area contributed by atoms with E-state index >= 15 is 0 Å². The zero-order valence-electron chi connectivity index (χ0n) is 23.2. The van der Waals surface area contributed by atoms with Gasteiger partial charge in [-0.3, -0.25) is 14.9 Å². The van der Waals surface area contributed by atoms with Crippen LogP contribution in [0.3, 0.4) is 0 Å². The van der Waals surface area contributed by atoms with E-state index in [1.807, 2.05) is 36.7 Å². The molecule has 0 fully saturated rings. The largest absolute Gasteiger partial charge is 0.354 e. The maximum Gasteiger partial charge on any atom is 0.0541 e. The average molecular weight is 538 g/mol. The number of aromatic amines is 1. The normalized spacial score (nSPS) is 11.3. The maximum atomic E-state index is 4.59. The fourth-order valence-corrected chi connectivity index (χ4v) is 5.33. The number of H-pyrrole nitrogens is 1. The molecule has 5 heteroatoms. The molecule has 0 aliphatic heterocycles. The quantitative estimate of drug-likeness (QED) is 0.174. The Hall–Kier alpha value is -4.58. The van der Waals surface area contributed by atoms with Gasteiger partial charge in [0, 0.05) is 68.1 Å². The molecule has 6 aromatic rings. The molecule has 0 saturated carbocycles. The molecule has 0 spiro atoms. The van der Waals surface area contributed by atoms with Crippen LogP contribution in [0.25, 0.3) is 22.2 Å². The molecule has 0 radical (unpaired) electrons. The van der Waals surface area contributed by atoms with Crippen LogP contribution in [0, 0.1) is 0 Å². The summed E-state index contributed by atoms with van der Waals surface area (Å²) in [6, 6.07) is 40.5. The van der Waals surface area contributed by atoms with Crippen LogP contribution in [-0.4, -0.2) is 26.4 Å². The summed E-state index contributed by atoms with van der Waals surface area (Å²) in [6.07, 6.45) is 4.62. The number of pyridine rings is 2. The van der Waals surface area contributed by atoms with Crippen molar-refractivity contribution in [2.45, 2.75) is 32.6 Å². The van der Waals surface area contributed by atoms with Gasteiger partial charge in [-0.05, 0) is 52.6 Å². The zero-order valence-corrected chi connectivity index (χ0v) is 23.2. The number of para-hydroxylation sites is 1. The molecule has 41 heavy (non-hydrogen) atoms. The third-order valence-corrected chi connectivity index (χ3v) is 7.46. The Labute approximate surface area is 241 Å². The minimum Gasteiger partial charge on any atom is -0.354 e. The molecule has 3 aromatic heterocycles. The highest BCUT2D eigenvalue weighted by molar-refractivity contribution is 5.90. The molecule has 0 aliphatic rings. The summed E-state index contributed by atoms with van der Waals surface area (Å²) >= 11 is 0. The van der Waals surface area contributed by atoms with Crippen molar-refractivity contribution >= 4 is 10.9 Å². The second-order valence-electron chi connectivity index (χ2n) is 10.4. The second-order valence-corrected chi connectivity index (χ2v) is 10.4. The fraction of sp³-hybridized carbons (Fsp3) is 0.167. The monoisotopic (exact) mass is 537 g/mol. The lowest BCUT2D eigenvalue weighted by Crippen LogP contribution is -2.26. The summed E-state index contributed by atoms with van der Waals surface area (Å²) < 4.78 is 0. The molecular weight excluding hydrogens is 502 g/mol. The summed E-state index contributed by atoms with van der Waals surface area (Å²) in [7, 11) is 0. The molecule has 2 N–H and O–H groups in total. The van der Waals surface area contributed by atoms with Gasteiger partial charge in [0.2, 0.25) is 0 Å². The Morgan fingerprint density at radius 1 is 0.610 bits per heavy atom. The van der Waals surface area contributed by atoms with E-state index in [2.05, 4.69) is 116 Å². The molecule has 5 nitrogen and oxygen atoms in total. The first kappa shape index (κ1) is 26.6. The van der Waals surface area contributed by atoms with E-state index in [1.54, 1.807) is 0 Å². The summed E-state index contributed by atoms with van der Waals surface area (Å²) in [6.45, 7) is 4.20. The Kier molecular flexibility index (Phi) is 8.56. The minimum absolute atomic E-state index is 0.762. The molecule has 0 bridgehead atoms. The highest BCUT2D eigenvalue weighted by atomic mass is 15.1. The average Bonchev–Trinajstić information content (AvgIpc) is 3.40. The molecule has 204 valence electrons. The third-order valence-electron chi connectivity index (χ3n) is 7.46. The topological polar surface area (TPSA) is 56.8 Å². The molecule has 0 unspecified atom stereocenters. The lowest BCUT2D eigenvalue weighted by atomic mass is 10.0. The summed E-state index contributed by atoms with van der Waals surface area (Å²) in [4.78, 5) is 15.2. The van der Waals surface area contributed by atoms with Crippen LogP contribution in [0.2, 0.25) is 0 Å². The van der Waals surface area contributed by atoms with E-state index in [0.29, 0.717) is 0 Å². The predicted octanol–water partition coefficient (Wildman–Crippen LogP) is 7.16. The van der Waals surface area contributed by atoms with Gasteiger partial charge >= 0.3 is 0 Å². The Balaban J connectivity index is 1.21. The van der Waals surface area contributed by atoms with Crippen molar-refractivity contribution < 1.29 is 0 Å².